The van der Waals surface area contributed by atoms with Crippen molar-refractivity contribution >= 4 is 0 Å². The lowest BCUT2D eigenvalue weighted by Crippen LogP contribution is -1.99. The molecule has 0 bridgehead atoms. The Morgan fingerprint density at radius 1 is 1.00 bits per heavy atom. The Morgan fingerprint density at radius 3 is 2.53 bits per heavy atom. The number of rotatable bonds is 4. The van der Waals surface area contributed by atoms with Crippen LogP contribution in [0.2, 0.25) is 0 Å². The summed E-state index contributed by atoms with van der Waals surface area (Å²) in [7, 11) is 0. The molecule has 2 heteroatoms. The molecule has 0 saturated heterocycles. The van der Waals surface area contributed by atoms with Gasteiger partial charge in [-0.2, -0.15) is 0 Å². The Bertz CT molecular complexity index is 346. The maximum atomic E-state index is 5.51. The highest BCUT2D eigenvalue weighted by Crippen LogP contribution is 2.09. The van der Waals surface area contributed by atoms with E-state index in [0.29, 0.717) is 6.61 Å². The fourth-order valence-electron chi connectivity index (χ4n) is 1.24. The van der Waals surface area contributed by atoms with Crippen molar-refractivity contribution in [3.05, 3.63) is 66.8 Å². The Labute approximate surface area is 89.6 Å². The van der Waals surface area contributed by atoms with E-state index in [-0.39, 0.29) is 0 Å². The predicted molar refractivity (Wildman–Crippen MR) is 59.6 cm³/mol. The van der Waals surface area contributed by atoms with Gasteiger partial charge in [0.15, 0.2) is 0 Å². The summed E-state index contributed by atoms with van der Waals surface area (Å²) in [6, 6.07) is 15.6. The van der Waals surface area contributed by atoms with Crippen LogP contribution in [0.15, 0.2) is 54.7 Å². The first-order valence-electron chi connectivity index (χ1n) is 4.87. The molecule has 0 atom stereocenters. The van der Waals surface area contributed by atoms with Gasteiger partial charge >= 0.3 is 0 Å². The number of hydrogen-bond acceptors (Lipinski definition) is 2. The van der Waals surface area contributed by atoms with Gasteiger partial charge in [0.05, 0.1) is 6.61 Å². The molecule has 2 nitrogen and oxygen atoms in total. The first-order valence-corrected chi connectivity index (χ1v) is 4.87. The summed E-state index contributed by atoms with van der Waals surface area (Å²) in [5.74, 6) is 0.879. The number of aromatic nitrogens is 1. The Balaban J connectivity index is 1.81. The molecule has 0 N–H and O–H groups in total. The summed E-state index contributed by atoms with van der Waals surface area (Å²) >= 11 is 0. The maximum Gasteiger partial charge on any atom is 0.119 e. The van der Waals surface area contributed by atoms with Crippen molar-refractivity contribution in [3.8, 4) is 5.75 Å². The van der Waals surface area contributed by atoms with E-state index in [4.69, 9.17) is 4.74 Å². The van der Waals surface area contributed by atoms with Crippen LogP contribution in [0.5, 0.6) is 5.75 Å². The zero-order valence-electron chi connectivity index (χ0n) is 8.34. The smallest absolute Gasteiger partial charge is 0.119 e. The SMILES string of the molecule is [CH](COc1ccccc1)c1ccccn1. The number of hydrogen-bond donors (Lipinski definition) is 0. The maximum absolute atomic E-state index is 5.51. The molecule has 0 aliphatic heterocycles. The molecular weight excluding hydrogens is 186 g/mol. The number of nitrogens with zero attached hydrogens (tertiary/aromatic N) is 1. The van der Waals surface area contributed by atoms with Gasteiger partial charge in [-0.1, -0.05) is 24.3 Å². The third kappa shape index (κ3) is 3.09. The highest BCUT2D eigenvalue weighted by molar-refractivity contribution is 5.21. The van der Waals surface area contributed by atoms with Crippen LogP contribution < -0.4 is 4.74 Å². The van der Waals surface area contributed by atoms with Crippen molar-refractivity contribution in [1.29, 1.82) is 0 Å². The Hall–Kier alpha value is -1.83. The van der Waals surface area contributed by atoms with Crippen LogP contribution in [0.3, 0.4) is 0 Å². The second-order valence-corrected chi connectivity index (χ2v) is 3.08. The Kier molecular flexibility index (Phi) is 3.34. The van der Waals surface area contributed by atoms with Gasteiger partial charge < -0.3 is 4.74 Å². The zero-order chi connectivity index (χ0) is 10.3. The summed E-state index contributed by atoms with van der Waals surface area (Å²) in [4.78, 5) is 4.17. The minimum atomic E-state index is 0.543. The van der Waals surface area contributed by atoms with Gasteiger partial charge in [-0.05, 0) is 24.3 Å². The molecule has 0 fully saturated rings. The van der Waals surface area contributed by atoms with Crippen molar-refractivity contribution in [2.45, 2.75) is 0 Å². The van der Waals surface area contributed by atoms with Crippen LogP contribution in [-0.4, -0.2) is 11.6 Å². The predicted octanol–water partition coefficient (Wildman–Crippen LogP) is 2.71. The van der Waals surface area contributed by atoms with Crippen molar-refractivity contribution in [3.63, 3.8) is 0 Å². The molecule has 2 rings (SSSR count). The topological polar surface area (TPSA) is 22.1 Å². The van der Waals surface area contributed by atoms with E-state index in [1.165, 1.54) is 0 Å². The molecule has 0 amide bonds. The lowest BCUT2D eigenvalue weighted by molar-refractivity contribution is 0.351. The van der Waals surface area contributed by atoms with Gasteiger partial charge in [0.1, 0.15) is 5.75 Å². The van der Waals surface area contributed by atoms with Crippen LogP contribution in [0, 0.1) is 6.42 Å². The van der Waals surface area contributed by atoms with E-state index in [1.807, 2.05) is 55.0 Å². The van der Waals surface area contributed by atoms with Crippen molar-refractivity contribution < 1.29 is 4.74 Å². The first-order chi connectivity index (χ1) is 7.45. The van der Waals surface area contributed by atoms with E-state index in [9.17, 15) is 0 Å². The molecule has 15 heavy (non-hydrogen) atoms. The molecular formula is C13H12NO. The minimum absolute atomic E-state index is 0.543. The third-order valence-corrected chi connectivity index (χ3v) is 1.97. The molecule has 2 aromatic rings. The summed E-state index contributed by atoms with van der Waals surface area (Å²) in [5.41, 5.74) is 0.938. The second kappa shape index (κ2) is 5.15. The van der Waals surface area contributed by atoms with Crippen LogP contribution in [-0.2, 0) is 0 Å². The molecule has 0 spiro atoms. The molecule has 0 aliphatic rings. The highest BCUT2D eigenvalue weighted by Gasteiger charge is 1.95. The Morgan fingerprint density at radius 2 is 1.80 bits per heavy atom. The molecule has 1 heterocycles. The van der Waals surface area contributed by atoms with E-state index < -0.39 is 0 Å². The van der Waals surface area contributed by atoms with Crippen molar-refractivity contribution in [2.24, 2.45) is 0 Å². The zero-order valence-corrected chi connectivity index (χ0v) is 8.34. The fraction of sp³-hybridized carbons (Fsp3) is 0.0769. The van der Waals surface area contributed by atoms with E-state index in [1.54, 1.807) is 6.20 Å². The highest BCUT2D eigenvalue weighted by atomic mass is 16.5. The number of pyridine rings is 1. The van der Waals surface area contributed by atoms with Gasteiger partial charge in [-0.25, -0.2) is 0 Å². The van der Waals surface area contributed by atoms with Crippen molar-refractivity contribution in [2.75, 3.05) is 6.61 Å². The lowest BCUT2D eigenvalue weighted by Gasteiger charge is -2.04. The quantitative estimate of drug-likeness (QED) is 0.753. The number of para-hydroxylation sites is 1. The number of benzene rings is 1. The average Bonchev–Trinajstić information content (AvgIpc) is 2.32. The molecule has 1 aromatic heterocycles. The summed E-state index contributed by atoms with van der Waals surface area (Å²) in [5, 5.41) is 0. The summed E-state index contributed by atoms with van der Waals surface area (Å²) in [6.07, 6.45) is 3.72. The summed E-state index contributed by atoms with van der Waals surface area (Å²) in [6.45, 7) is 0.543. The van der Waals surface area contributed by atoms with Crippen LogP contribution in [0.25, 0.3) is 0 Å². The van der Waals surface area contributed by atoms with Crippen LogP contribution in [0.1, 0.15) is 5.69 Å². The molecule has 1 radical (unpaired) electrons. The summed E-state index contributed by atoms with van der Waals surface area (Å²) < 4.78 is 5.51. The second-order valence-electron chi connectivity index (χ2n) is 3.08. The fourth-order valence-corrected chi connectivity index (χ4v) is 1.24. The van der Waals surface area contributed by atoms with Crippen LogP contribution >= 0.6 is 0 Å². The van der Waals surface area contributed by atoms with Crippen molar-refractivity contribution in [1.82, 2.24) is 4.98 Å². The average molecular weight is 198 g/mol. The lowest BCUT2D eigenvalue weighted by atomic mass is 10.3. The number of ether oxygens (including phenoxy) is 1. The van der Waals surface area contributed by atoms with Crippen LogP contribution in [0.4, 0.5) is 0 Å². The van der Waals surface area contributed by atoms with Gasteiger partial charge in [0.25, 0.3) is 0 Å². The van der Waals surface area contributed by atoms with Gasteiger partial charge in [0.2, 0.25) is 0 Å². The largest absolute Gasteiger partial charge is 0.493 e. The molecule has 1 aromatic carbocycles. The normalized spacial score (nSPS) is 9.87. The minimum Gasteiger partial charge on any atom is -0.493 e. The molecule has 75 valence electrons. The standard InChI is InChI=1S/C13H12NO/c1-2-7-13(8-3-1)15-11-9-12-6-4-5-10-14-12/h1-10H,11H2. The molecule has 0 unspecified atom stereocenters. The van der Waals surface area contributed by atoms with Gasteiger partial charge in [0, 0.05) is 18.3 Å². The van der Waals surface area contributed by atoms with E-state index in [0.717, 1.165) is 11.4 Å². The monoisotopic (exact) mass is 198 g/mol. The van der Waals surface area contributed by atoms with E-state index >= 15 is 0 Å². The third-order valence-electron chi connectivity index (χ3n) is 1.97. The molecule has 0 aliphatic carbocycles. The first kappa shape index (κ1) is 9.71. The van der Waals surface area contributed by atoms with Gasteiger partial charge in [-0.15, -0.1) is 0 Å². The van der Waals surface area contributed by atoms with E-state index in [2.05, 4.69) is 4.98 Å². The molecule has 0 saturated carbocycles. The van der Waals surface area contributed by atoms with Gasteiger partial charge in [-0.3, -0.25) is 4.98 Å².